The van der Waals surface area contributed by atoms with Gasteiger partial charge in [-0.3, -0.25) is 0 Å². The SMILES string of the molecule is Brc1ccc2c(c1)C1(c3ccccc3C=C2)c2ccccc2-c2c1ccc1oc3ccccc3c21. The predicted molar refractivity (Wildman–Crippen MR) is 148 cm³/mol. The second kappa shape index (κ2) is 6.84. The summed E-state index contributed by atoms with van der Waals surface area (Å²) >= 11 is 3.79. The molecule has 2 aliphatic carbocycles. The molecule has 6 aromatic rings. The normalized spacial score (nSPS) is 17.3. The van der Waals surface area contributed by atoms with E-state index < -0.39 is 5.41 Å². The Morgan fingerprint density at radius 1 is 0.571 bits per heavy atom. The summed E-state index contributed by atoms with van der Waals surface area (Å²) in [6, 6.07) is 37.3. The second-order valence-electron chi connectivity index (χ2n) is 9.41. The molecular formula is C33H19BrO. The van der Waals surface area contributed by atoms with Crippen LogP contribution in [0.2, 0.25) is 0 Å². The third kappa shape index (κ3) is 2.38. The van der Waals surface area contributed by atoms with E-state index in [4.69, 9.17) is 4.42 Å². The number of benzene rings is 5. The first-order valence-corrected chi connectivity index (χ1v) is 12.7. The van der Waals surface area contributed by atoms with Gasteiger partial charge in [0.2, 0.25) is 0 Å². The first-order valence-electron chi connectivity index (χ1n) is 11.9. The monoisotopic (exact) mass is 510 g/mol. The smallest absolute Gasteiger partial charge is 0.136 e. The van der Waals surface area contributed by atoms with Crippen LogP contribution in [0.5, 0.6) is 0 Å². The fourth-order valence-corrected chi connectivity index (χ4v) is 6.83. The van der Waals surface area contributed by atoms with Gasteiger partial charge in [-0.15, -0.1) is 0 Å². The second-order valence-corrected chi connectivity index (χ2v) is 10.3. The van der Waals surface area contributed by atoms with Crippen LogP contribution in [0, 0.1) is 0 Å². The van der Waals surface area contributed by atoms with Crippen LogP contribution < -0.4 is 0 Å². The number of fused-ring (bicyclic) bond motifs is 13. The van der Waals surface area contributed by atoms with Gasteiger partial charge in [-0.1, -0.05) is 107 Å². The molecule has 2 aliphatic rings. The maximum atomic E-state index is 6.33. The molecule has 5 aromatic carbocycles. The standard InChI is InChI=1S/C33H19BrO/c34-22-16-15-21-14-13-20-7-1-4-10-25(20)33(28(21)19-22)26-11-5-2-8-23(26)31-27(33)17-18-30-32(31)24-9-3-6-12-29(24)35-30/h1-19H. The fourth-order valence-electron chi connectivity index (χ4n) is 6.47. The maximum absolute atomic E-state index is 6.33. The lowest BCUT2D eigenvalue weighted by Crippen LogP contribution is -2.30. The number of rotatable bonds is 0. The summed E-state index contributed by atoms with van der Waals surface area (Å²) in [6.07, 6.45) is 4.53. The van der Waals surface area contributed by atoms with Crippen LogP contribution in [0.15, 0.2) is 112 Å². The van der Waals surface area contributed by atoms with Crippen LogP contribution in [0.1, 0.15) is 33.4 Å². The molecule has 0 saturated carbocycles. The molecule has 1 heterocycles. The van der Waals surface area contributed by atoms with Crippen molar-refractivity contribution in [3.63, 3.8) is 0 Å². The topological polar surface area (TPSA) is 13.1 Å². The number of furan rings is 1. The first-order chi connectivity index (χ1) is 17.3. The average molecular weight is 511 g/mol. The molecule has 1 unspecified atom stereocenters. The summed E-state index contributed by atoms with van der Waals surface area (Å²) in [5.74, 6) is 0. The Morgan fingerprint density at radius 2 is 1.31 bits per heavy atom. The molecule has 0 saturated heterocycles. The average Bonchev–Trinajstić information content (AvgIpc) is 3.37. The van der Waals surface area contributed by atoms with Gasteiger partial charge in [0.05, 0.1) is 5.41 Å². The minimum Gasteiger partial charge on any atom is -0.456 e. The van der Waals surface area contributed by atoms with E-state index in [0.717, 1.165) is 15.6 Å². The first kappa shape index (κ1) is 19.4. The van der Waals surface area contributed by atoms with E-state index in [-0.39, 0.29) is 0 Å². The van der Waals surface area contributed by atoms with Gasteiger partial charge < -0.3 is 4.42 Å². The highest BCUT2D eigenvalue weighted by Gasteiger charge is 2.49. The van der Waals surface area contributed by atoms with Crippen molar-refractivity contribution >= 4 is 50.0 Å². The lowest BCUT2D eigenvalue weighted by Gasteiger charge is -2.35. The van der Waals surface area contributed by atoms with E-state index in [1.165, 1.54) is 55.3 Å². The predicted octanol–water partition coefficient (Wildman–Crippen LogP) is 9.20. The molecule has 1 atom stereocenters. The van der Waals surface area contributed by atoms with Crippen LogP contribution in [0.4, 0.5) is 0 Å². The summed E-state index contributed by atoms with van der Waals surface area (Å²) < 4.78 is 7.42. The zero-order valence-electron chi connectivity index (χ0n) is 18.8. The molecule has 0 amide bonds. The molecular weight excluding hydrogens is 492 g/mol. The van der Waals surface area contributed by atoms with Gasteiger partial charge in [-0.2, -0.15) is 0 Å². The molecule has 1 spiro atoms. The third-order valence-electron chi connectivity index (χ3n) is 7.77. The van der Waals surface area contributed by atoms with Gasteiger partial charge in [0.25, 0.3) is 0 Å². The number of para-hydroxylation sites is 1. The summed E-state index contributed by atoms with van der Waals surface area (Å²) in [5, 5.41) is 2.37. The van der Waals surface area contributed by atoms with E-state index in [1.54, 1.807) is 0 Å². The van der Waals surface area contributed by atoms with Crippen molar-refractivity contribution in [2.24, 2.45) is 0 Å². The molecule has 1 nitrogen and oxygen atoms in total. The van der Waals surface area contributed by atoms with Crippen LogP contribution in [-0.2, 0) is 5.41 Å². The van der Waals surface area contributed by atoms with E-state index in [0.29, 0.717) is 0 Å². The van der Waals surface area contributed by atoms with E-state index in [9.17, 15) is 0 Å². The Kier molecular flexibility index (Phi) is 3.80. The molecule has 2 heteroatoms. The Hall–Kier alpha value is -3.88. The lowest BCUT2D eigenvalue weighted by molar-refractivity contribution is 0.668. The van der Waals surface area contributed by atoms with Crippen LogP contribution in [0.25, 0.3) is 45.2 Å². The van der Waals surface area contributed by atoms with Crippen molar-refractivity contribution in [3.8, 4) is 11.1 Å². The van der Waals surface area contributed by atoms with Crippen molar-refractivity contribution in [3.05, 3.63) is 141 Å². The minimum absolute atomic E-state index is 0.433. The van der Waals surface area contributed by atoms with Crippen molar-refractivity contribution < 1.29 is 4.42 Å². The highest BCUT2D eigenvalue weighted by Crippen LogP contribution is 2.60. The number of hydrogen-bond donors (Lipinski definition) is 0. The van der Waals surface area contributed by atoms with Crippen molar-refractivity contribution in [1.82, 2.24) is 0 Å². The molecule has 0 fully saturated rings. The van der Waals surface area contributed by atoms with Gasteiger partial charge in [-0.05, 0) is 68.8 Å². The van der Waals surface area contributed by atoms with Gasteiger partial charge >= 0.3 is 0 Å². The maximum Gasteiger partial charge on any atom is 0.136 e. The molecule has 35 heavy (non-hydrogen) atoms. The van der Waals surface area contributed by atoms with E-state index in [2.05, 4.69) is 125 Å². The van der Waals surface area contributed by atoms with Crippen molar-refractivity contribution in [2.45, 2.75) is 5.41 Å². The quantitative estimate of drug-likeness (QED) is 0.198. The van der Waals surface area contributed by atoms with Crippen molar-refractivity contribution in [2.75, 3.05) is 0 Å². The summed E-state index contributed by atoms with van der Waals surface area (Å²) in [5.41, 5.74) is 11.7. The summed E-state index contributed by atoms with van der Waals surface area (Å²) in [4.78, 5) is 0. The highest BCUT2D eigenvalue weighted by atomic mass is 79.9. The van der Waals surface area contributed by atoms with Gasteiger partial charge in [0.15, 0.2) is 0 Å². The highest BCUT2D eigenvalue weighted by molar-refractivity contribution is 9.10. The van der Waals surface area contributed by atoms with E-state index >= 15 is 0 Å². The van der Waals surface area contributed by atoms with Crippen molar-refractivity contribution in [1.29, 1.82) is 0 Å². The minimum atomic E-state index is -0.433. The van der Waals surface area contributed by atoms with Crippen LogP contribution in [-0.4, -0.2) is 0 Å². The summed E-state index contributed by atoms with van der Waals surface area (Å²) in [7, 11) is 0. The lowest BCUT2D eigenvalue weighted by atomic mass is 9.66. The third-order valence-corrected chi connectivity index (χ3v) is 8.27. The van der Waals surface area contributed by atoms with Crippen LogP contribution in [0.3, 0.4) is 0 Å². The molecule has 0 bridgehead atoms. The molecule has 0 radical (unpaired) electrons. The van der Waals surface area contributed by atoms with Crippen LogP contribution >= 0.6 is 15.9 Å². The molecule has 8 rings (SSSR count). The fraction of sp³-hybridized carbons (Fsp3) is 0.0303. The summed E-state index contributed by atoms with van der Waals surface area (Å²) in [6.45, 7) is 0. The molecule has 164 valence electrons. The van der Waals surface area contributed by atoms with Gasteiger partial charge in [0, 0.05) is 15.2 Å². The molecule has 0 N–H and O–H groups in total. The van der Waals surface area contributed by atoms with E-state index in [1.807, 2.05) is 6.07 Å². The zero-order chi connectivity index (χ0) is 23.1. The number of halogens is 1. The van der Waals surface area contributed by atoms with Gasteiger partial charge in [0.1, 0.15) is 11.2 Å². The Morgan fingerprint density at radius 3 is 2.23 bits per heavy atom. The molecule has 0 aliphatic heterocycles. The Balaban J connectivity index is 1.65. The van der Waals surface area contributed by atoms with Gasteiger partial charge in [-0.25, -0.2) is 0 Å². The molecule has 1 aromatic heterocycles. The largest absolute Gasteiger partial charge is 0.456 e. The number of hydrogen-bond acceptors (Lipinski definition) is 1. The Bertz CT molecular complexity index is 1870. The zero-order valence-corrected chi connectivity index (χ0v) is 20.3. The Labute approximate surface area is 211 Å².